The maximum Gasteiger partial charge on any atom is 0.376 e. The first-order chi connectivity index (χ1) is 9.17. The van der Waals surface area contributed by atoms with Gasteiger partial charge in [-0.1, -0.05) is 19.3 Å². The number of nitrogens with zero attached hydrogens (tertiary/aromatic N) is 1. The number of oxazole rings is 1. The minimum atomic E-state index is -0.713. The van der Waals surface area contributed by atoms with Crippen molar-refractivity contribution in [2.45, 2.75) is 38.0 Å². The molecule has 0 amide bonds. The zero-order chi connectivity index (χ0) is 13.8. The molecule has 0 atom stereocenters. The molecule has 1 aliphatic rings. The number of carbonyl (C=O) groups excluding carboxylic acids is 2. The zero-order valence-corrected chi connectivity index (χ0v) is 11.1. The number of hydrogen-bond donors (Lipinski definition) is 0. The second-order valence-electron chi connectivity index (χ2n) is 4.55. The van der Waals surface area contributed by atoms with E-state index in [0.29, 0.717) is 5.89 Å². The Morgan fingerprint density at radius 1 is 1.11 bits per heavy atom. The quantitative estimate of drug-likeness (QED) is 0.782. The molecule has 0 spiro atoms. The van der Waals surface area contributed by atoms with Crippen molar-refractivity contribution >= 4 is 11.9 Å². The first-order valence-electron chi connectivity index (χ1n) is 6.34. The molecule has 0 bridgehead atoms. The normalized spacial score (nSPS) is 16.1. The maximum absolute atomic E-state index is 11.6. The summed E-state index contributed by atoms with van der Waals surface area (Å²) in [6, 6.07) is 0. The molecule has 2 rings (SSSR count). The summed E-state index contributed by atoms with van der Waals surface area (Å²) in [6.45, 7) is 0. The Balaban J connectivity index is 2.33. The average Bonchev–Trinajstić information content (AvgIpc) is 2.91. The van der Waals surface area contributed by atoms with Gasteiger partial charge in [0.05, 0.1) is 14.2 Å². The van der Waals surface area contributed by atoms with E-state index < -0.39 is 11.9 Å². The van der Waals surface area contributed by atoms with Gasteiger partial charge in [-0.05, 0) is 12.8 Å². The molecule has 104 valence electrons. The van der Waals surface area contributed by atoms with Crippen molar-refractivity contribution in [3.05, 3.63) is 17.3 Å². The van der Waals surface area contributed by atoms with Crippen molar-refractivity contribution < 1.29 is 23.5 Å². The van der Waals surface area contributed by atoms with E-state index in [0.717, 1.165) is 25.7 Å². The molecule has 1 heterocycles. The Hall–Kier alpha value is -1.85. The van der Waals surface area contributed by atoms with Gasteiger partial charge in [-0.3, -0.25) is 0 Å². The van der Waals surface area contributed by atoms with Gasteiger partial charge >= 0.3 is 11.9 Å². The highest BCUT2D eigenvalue weighted by Crippen LogP contribution is 2.33. The number of methoxy groups -OCH3 is 2. The van der Waals surface area contributed by atoms with Gasteiger partial charge in [0.15, 0.2) is 5.89 Å². The van der Waals surface area contributed by atoms with E-state index in [-0.39, 0.29) is 17.4 Å². The molecule has 1 aliphatic carbocycles. The highest BCUT2D eigenvalue weighted by molar-refractivity contribution is 5.99. The van der Waals surface area contributed by atoms with Gasteiger partial charge in [0.2, 0.25) is 11.5 Å². The summed E-state index contributed by atoms with van der Waals surface area (Å²) in [4.78, 5) is 27.3. The Labute approximate surface area is 111 Å². The Bertz CT molecular complexity index is 440. The van der Waals surface area contributed by atoms with Crippen LogP contribution in [0.3, 0.4) is 0 Å². The second kappa shape index (κ2) is 5.86. The molecule has 6 nitrogen and oxygen atoms in total. The van der Waals surface area contributed by atoms with Crippen LogP contribution in [0.25, 0.3) is 0 Å². The minimum absolute atomic E-state index is 0.102. The van der Waals surface area contributed by atoms with Crippen LogP contribution in [0.4, 0.5) is 0 Å². The molecule has 0 aromatic carbocycles. The fraction of sp³-hybridized carbons (Fsp3) is 0.615. The SMILES string of the molecule is COC(=O)c1nc(C2CCCCC2)oc1C(=O)OC. The summed E-state index contributed by atoms with van der Waals surface area (Å²) in [6.07, 6.45) is 5.33. The molecule has 0 unspecified atom stereocenters. The van der Waals surface area contributed by atoms with E-state index >= 15 is 0 Å². The lowest BCUT2D eigenvalue weighted by atomic mass is 9.89. The summed E-state index contributed by atoms with van der Waals surface area (Å²) in [7, 11) is 2.46. The van der Waals surface area contributed by atoms with Crippen molar-refractivity contribution in [2.75, 3.05) is 14.2 Å². The lowest BCUT2D eigenvalue weighted by Crippen LogP contribution is -2.10. The second-order valence-corrected chi connectivity index (χ2v) is 4.55. The summed E-state index contributed by atoms with van der Waals surface area (Å²) in [5, 5.41) is 0. The number of aromatic nitrogens is 1. The average molecular weight is 267 g/mol. The third-order valence-corrected chi connectivity index (χ3v) is 3.35. The predicted molar refractivity (Wildman–Crippen MR) is 65.0 cm³/mol. The number of ether oxygens (including phenoxy) is 2. The molecular weight excluding hydrogens is 250 g/mol. The van der Waals surface area contributed by atoms with Crippen LogP contribution >= 0.6 is 0 Å². The summed E-state index contributed by atoms with van der Waals surface area (Å²) < 4.78 is 14.6. The van der Waals surface area contributed by atoms with Gasteiger partial charge in [0.25, 0.3) is 0 Å². The third-order valence-electron chi connectivity index (χ3n) is 3.35. The van der Waals surface area contributed by atoms with Gasteiger partial charge in [-0.15, -0.1) is 0 Å². The molecule has 1 aromatic rings. The summed E-state index contributed by atoms with van der Waals surface area (Å²) >= 11 is 0. The van der Waals surface area contributed by atoms with Gasteiger partial charge in [0.1, 0.15) is 0 Å². The van der Waals surface area contributed by atoms with E-state index in [1.165, 1.54) is 20.6 Å². The summed E-state index contributed by atoms with van der Waals surface area (Å²) in [5.41, 5.74) is -0.102. The number of hydrogen-bond acceptors (Lipinski definition) is 6. The fourth-order valence-corrected chi connectivity index (χ4v) is 2.33. The Morgan fingerprint density at radius 3 is 2.32 bits per heavy atom. The smallest absolute Gasteiger partial charge is 0.376 e. The third kappa shape index (κ3) is 2.77. The standard InChI is InChI=1S/C13H17NO5/c1-17-12(15)9-10(13(16)18-2)19-11(14-9)8-6-4-3-5-7-8/h8H,3-7H2,1-2H3. The molecule has 1 saturated carbocycles. The van der Waals surface area contributed by atoms with Crippen molar-refractivity contribution in [1.82, 2.24) is 4.98 Å². The molecule has 0 radical (unpaired) electrons. The summed E-state index contributed by atoms with van der Waals surface area (Å²) in [5.74, 6) is -0.979. The van der Waals surface area contributed by atoms with E-state index in [2.05, 4.69) is 14.5 Å². The number of rotatable bonds is 3. The zero-order valence-electron chi connectivity index (χ0n) is 11.1. The Morgan fingerprint density at radius 2 is 1.74 bits per heavy atom. The molecule has 0 N–H and O–H groups in total. The predicted octanol–water partition coefficient (Wildman–Crippen LogP) is 2.30. The van der Waals surface area contributed by atoms with Crippen molar-refractivity contribution in [2.24, 2.45) is 0 Å². The molecule has 19 heavy (non-hydrogen) atoms. The molecule has 1 aromatic heterocycles. The Kier molecular flexibility index (Phi) is 4.19. The van der Waals surface area contributed by atoms with E-state index in [9.17, 15) is 9.59 Å². The molecular formula is C13H17NO5. The monoisotopic (exact) mass is 267 g/mol. The van der Waals surface area contributed by atoms with Crippen molar-refractivity contribution in [3.8, 4) is 0 Å². The van der Waals surface area contributed by atoms with Crippen molar-refractivity contribution in [1.29, 1.82) is 0 Å². The highest BCUT2D eigenvalue weighted by atomic mass is 16.5. The fourth-order valence-electron chi connectivity index (χ4n) is 2.33. The molecule has 6 heteroatoms. The van der Waals surface area contributed by atoms with Crippen LogP contribution in [0.15, 0.2) is 4.42 Å². The lowest BCUT2D eigenvalue weighted by molar-refractivity contribution is 0.0525. The lowest BCUT2D eigenvalue weighted by Gasteiger charge is -2.17. The minimum Gasteiger partial charge on any atom is -0.464 e. The van der Waals surface area contributed by atoms with Gasteiger partial charge in [-0.25, -0.2) is 14.6 Å². The topological polar surface area (TPSA) is 78.6 Å². The van der Waals surface area contributed by atoms with E-state index in [4.69, 9.17) is 4.42 Å². The van der Waals surface area contributed by atoms with Crippen LogP contribution in [-0.2, 0) is 9.47 Å². The number of esters is 2. The number of carbonyl (C=O) groups is 2. The van der Waals surface area contributed by atoms with Crippen LogP contribution in [0, 0.1) is 0 Å². The highest BCUT2D eigenvalue weighted by Gasteiger charge is 2.30. The van der Waals surface area contributed by atoms with Crippen LogP contribution in [0.5, 0.6) is 0 Å². The van der Waals surface area contributed by atoms with Crippen LogP contribution in [-0.4, -0.2) is 31.1 Å². The molecule has 0 aliphatic heterocycles. The van der Waals surface area contributed by atoms with Gasteiger partial charge < -0.3 is 13.9 Å². The van der Waals surface area contributed by atoms with Gasteiger partial charge in [0, 0.05) is 5.92 Å². The van der Waals surface area contributed by atoms with E-state index in [1.54, 1.807) is 0 Å². The van der Waals surface area contributed by atoms with E-state index in [1.807, 2.05) is 0 Å². The van der Waals surface area contributed by atoms with Crippen molar-refractivity contribution in [3.63, 3.8) is 0 Å². The largest absolute Gasteiger partial charge is 0.464 e. The molecule has 1 fully saturated rings. The van der Waals surface area contributed by atoms with Crippen LogP contribution in [0.2, 0.25) is 0 Å². The van der Waals surface area contributed by atoms with Crippen LogP contribution in [0.1, 0.15) is 65.0 Å². The maximum atomic E-state index is 11.6. The first kappa shape index (κ1) is 13.6. The van der Waals surface area contributed by atoms with Gasteiger partial charge in [-0.2, -0.15) is 0 Å². The first-order valence-corrected chi connectivity index (χ1v) is 6.34. The van der Waals surface area contributed by atoms with Crippen LogP contribution < -0.4 is 0 Å². The molecule has 0 saturated heterocycles.